The van der Waals surface area contributed by atoms with Crippen LogP contribution < -0.4 is 5.32 Å². The molecule has 2 rings (SSSR count). The Morgan fingerprint density at radius 1 is 1.08 bits per heavy atom. The molecular formula is C15H9Cl3N2O5. The molecule has 1 amide bonds. The van der Waals surface area contributed by atoms with E-state index >= 15 is 0 Å². The van der Waals surface area contributed by atoms with Gasteiger partial charge in [0.2, 0.25) is 0 Å². The Morgan fingerprint density at radius 3 is 2.40 bits per heavy atom. The molecule has 0 saturated carbocycles. The maximum Gasteiger partial charge on any atom is 0.340 e. The summed E-state index contributed by atoms with van der Waals surface area (Å²) in [5, 5.41) is 13.8. The molecule has 0 aliphatic heterocycles. The first-order chi connectivity index (χ1) is 11.8. The molecule has 0 atom stereocenters. The number of rotatable bonds is 5. The van der Waals surface area contributed by atoms with Crippen molar-refractivity contribution < 1.29 is 19.2 Å². The first kappa shape index (κ1) is 19.0. The van der Waals surface area contributed by atoms with Crippen molar-refractivity contribution in [2.24, 2.45) is 0 Å². The van der Waals surface area contributed by atoms with Gasteiger partial charge in [0.15, 0.2) is 6.61 Å². The Balaban J connectivity index is 2.04. The number of halogens is 3. The average Bonchev–Trinajstić information content (AvgIpc) is 2.54. The number of hydrogen-bond donors (Lipinski definition) is 1. The van der Waals surface area contributed by atoms with Crippen LogP contribution in [0.15, 0.2) is 36.4 Å². The number of esters is 1. The van der Waals surface area contributed by atoms with E-state index < -0.39 is 23.4 Å². The number of ether oxygens (including phenoxy) is 1. The topological polar surface area (TPSA) is 98.5 Å². The SMILES string of the molecule is O=C(COC(=O)c1cc(Cl)ccc1Cl)Nc1cc(Cl)ccc1[N+](=O)[O-]. The van der Waals surface area contributed by atoms with Crippen LogP contribution in [0.1, 0.15) is 10.4 Å². The number of nitrogens with zero attached hydrogens (tertiary/aromatic N) is 1. The molecule has 2 aromatic carbocycles. The van der Waals surface area contributed by atoms with Crippen molar-refractivity contribution in [1.82, 2.24) is 0 Å². The van der Waals surface area contributed by atoms with Crippen molar-refractivity contribution >= 4 is 58.1 Å². The van der Waals surface area contributed by atoms with Crippen LogP contribution in [0, 0.1) is 10.1 Å². The Labute approximate surface area is 156 Å². The van der Waals surface area contributed by atoms with Gasteiger partial charge in [0.1, 0.15) is 5.69 Å². The van der Waals surface area contributed by atoms with Crippen molar-refractivity contribution in [2.75, 3.05) is 11.9 Å². The molecule has 0 aromatic heterocycles. The van der Waals surface area contributed by atoms with Crippen LogP contribution in [0.2, 0.25) is 15.1 Å². The minimum atomic E-state index is -0.858. The second kappa shape index (κ2) is 8.15. The highest BCUT2D eigenvalue weighted by Gasteiger charge is 2.18. The normalized spacial score (nSPS) is 10.2. The smallest absolute Gasteiger partial charge is 0.340 e. The van der Waals surface area contributed by atoms with Gasteiger partial charge in [0.05, 0.1) is 15.5 Å². The third kappa shape index (κ3) is 5.06. The Hall–Kier alpha value is -2.35. The summed E-state index contributed by atoms with van der Waals surface area (Å²) in [6, 6.07) is 7.88. The lowest BCUT2D eigenvalue weighted by Gasteiger charge is -2.08. The van der Waals surface area contributed by atoms with Gasteiger partial charge in [-0.1, -0.05) is 34.8 Å². The number of carbonyl (C=O) groups excluding carboxylic acids is 2. The highest BCUT2D eigenvalue weighted by molar-refractivity contribution is 6.35. The van der Waals surface area contributed by atoms with E-state index in [4.69, 9.17) is 39.5 Å². The molecular weight excluding hydrogens is 395 g/mol. The quantitative estimate of drug-likeness (QED) is 0.454. The maximum absolute atomic E-state index is 11.9. The Bertz CT molecular complexity index is 857. The molecule has 10 heteroatoms. The van der Waals surface area contributed by atoms with Crippen LogP contribution in [-0.2, 0) is 9.53 Å². The van der Waals surface area contributed by atoms with Crippen molar-refractivity contribution in [1.29, 1.82) is 0 Å². The predicted octanol–water partition coefficient (Wildman–Crippen LogP) is 4.35. The number of nitro groups is 1. The fourth-order valence-electron chi connectivity index (χ4n) is 1.82. The molecule has 0 unspecified atom stereocenters. The molecule has 0 aliphatic carbocycles. The minimum Gasteiger partial charge on any atom is -0.452 e. The number of anilines is 1. The third-order valence-corrected chi connectivity index (χ3v) is 3.71. The van der Waals surface area contributed by atoms with Crippen LogP contribution in [0.4, 0.5) is 11.4 Å². The van der Waals surface area contributed by atoms with Crippen LogP contribution in [0.3, 0.4) is 0 Å². The number of hydrogen-bond acceptors (Lipinski definition) is 5. The summed E-state index contributed by atoms with van der Waals surface area (Å²) in [5.41, 5.74) is -0.461. The zero-order valence-electron chi connectivity index (χ0n) is 12.3. The summed E-state index contributed by atoms with van der Waals surface area (Å²) in [6.45, 7) is -0.675. The molecule has 0 aliphatic rings. The van der Waals surface area contributed by atoms with Crippen LogP contribution in [-0.4, -0.2) is 23.4 Å². The molecule has 0 fully saturated rings. The predicted molar refractivity (Wildman–Crippen MR) is 93.5 cm³/mol. The zero-order valence-corrected chi connectivity index (χ0v) is 14.6. The molecule has 0 bridgehead atoms. The molecule has 0 radical (unpaired) electrons. The van der Waals surface area contributed by atoms with Gasteiger partial charge < -0.3 is 10.1 Å². The lowest BCUT2D eigenvalue weighted by molar-refractivity contribution is -0.383. The van der Waals surface area contributed by atoms with Gasteiger partial charge in [-0.25, -0.2) is 4.79 Å². The van der Waals surface area contributed by atoms with Gasteiger partial charge in [-0.15, -0.1) is 0 Å². The first-order valence-corrected chi connectivity index (χ1v) is 7.77. The van der Waals surface area contributed by atoms with E-state index in [-0.39, 0.29) is 32.0 Å². The second-order valence-corrected chi connectivity index (χ2v) is 5.95. The first-order valence-electron chi connectivity index (χ1n) is 6.64. The number of nitrogens with one attached hydrogen (secondary N) is 1. The van der Waals surface area contributed by atoms with Gasteiger partial charge in [-0.2, -0.15) is 0 Å². The van der Waals surface area contributed by atoms with Crippen molar-refractivity contribution in [3.63, 3.8) is 0 Å². The van der Waals surface area contributed by atoms with Gasteiger partial charge >= 0.3 is 5.97 Å². The van der Waals surface area contributed by atoms with Crippen LogP contribution >= 0.6 is 34.8 Å². The average molecular weight is 404 g/mol. The van der Waals surface area contributed by atoms with E-state index in [1.54, 1.807) is 0 Å². The van der Waals surface area contributed by atoms with E-state index in [9.17, 15) is 19.7 Å². The van der Waals surface area contributed by atoms with Crippen LogP contribution in [0.5, 0.6) is 0 Å². The lowest BCUT2D eigenvalue weighted by atomic mass is 10.2. The third-order valence-electron chi connectivity index (χ3n) is 2.91. The van der Waals surface area contributed by atoms with Gasteiger partial charge in [0, 0.05) is 16.1 Å². The summed E-state index contributed by atoms with van der Waals surface area (Å²) in [5.74, 6) is -1.64. The monoisotopic (exact) mass is 402 g/mol. The lowest BCUT2D eigenvalue weighted by Crippen LogP contribution is -2.21. The number of nitro benzene ring substituents is 1. The molecule has 0 saturated heterocycles. The fourth-order valence-corrected chi connectivity index (χ4v) is 2.36. The molecule has 7 nitrogen and oxygen atoms in total. The van der Waals surface area contributed by atoms with Gasteiger partial charge in [-0.3, -0.25) is 14.9 Å². The highest BCUT2D eigenvalue weighted by atomic mass is 35.5. The van der Waals surface area contributed by atoms with E-state index in [2.05, 4.69) is 5.32 Å². The molecule has 1 N–H and O–H groups in total. The Kier molecular flexibility index (Phi) is 6.19. The Morgan fingerprint density at radius 2 is 1.72 bits per heavy atom. The molecule has 0 heterocycles. The number of amides is 1. The molecule has 2 aromatic rings. The molecule has 0 spiro atoms. The summed E-state index contributed by atoms with van der Waals surface area (Å²) >= 11 is 17.4. The highest BCUT2D eigenvalue weighted by Crippen LogP contribution is 2.27. The maximum atomic E-state index is 11.9. The van der Waals surface area contributed by atoms with Crippen molar-refractivity contribution in [2.45, 2.75) is 0 Å². The summed E-state index contributed by atoms with van der Waals surface area (Å²) in [6.07, 6.45) is 0. The zero-order chi connectivity index (χ0) is 18.6. The molecule has 130 valence electrons. The van der Waals surface area contributed by atoms with E-state index in [0.29, 0.717) is 0 Å². The minimum absolute atomic E-state index is 0.00398. The largest absolute Gasteiger partial charge is 0.452 e. The van der Waals surface area contributed by atoms with E-state index in [0.717, 1.165) is 6.07 Å². The van der Waals surface area contributed by atoms with E-state index in [1.807, 2.05) is 0 Å². The van der Waals surface area contributed by atoms with Crippen LogP contribution in [0.25, 0.3) is 0 Å². The van der Waals surface area contributed by atoms with Crippen molar-refractivity contribution in [3.8, 4) is 0 Å². The number of carbonyl (C=O) groups is 2. The second-order valence-electron chi connectivity index (χ2n) is 4.67. The standard InChI is InChI=1S/C15H9Cl3N2O5/c16-8-1-3-11(18)10(5-8)15(22)25-7-14(21)19-12-6-9(17)2-4-13(12)20(23)24/h1-6H,7H2,(H,19,21). The van der Waals surface area contributed by atoms with E-state index in [1.165, 1.54) is 30.3 Å². The summed E-state index contributed by atoms with van der Waals surface area (Å²) in [7, 11) is 0. The molecule has 25 heavy (non-hydrogen) atoms. The van der Waals surface area contributed by atoms with Gasteiger partial charge in [0.25, 0.3) is 11.6 Å². The summed E-state index contributed by atoms with van der Waals surface area (Å²) in [4.78, 5) is 34.1. The fraction of sp³-hybridized carbons (Fsp3) is 0.0667. The van der Waals surface area contributed by atoms with Gasteiger partial charge in [-0.05, 0) is 30.3 Å². The summed E-state index contributed by atoms with van der Waals surface area (Å²) < 4.78 is 4.83. The van der Waals surface area contributed by atoms with Crippen molar-refractivity contribution in [3.05, 3.63) is 67.1 Å². The number of benzene rings is 2.